The van der Waals surface area contributed by atoms with E-state index in [0.29, 0.717) is 0 Å². The van der Waals surface area contributed by atoms with Crippen LogP contribution >= 0.6 is 28.1 Å². The normalized spacial score (nSPS) is 15.5. The number of nitrogens with zero attached hydrogens (tertiary/aromatic N) is 3. The second-order valence-corrected chi connectivity index (χ2v) is 6.50. The predicted octanol–water partition coefficient (Wildman–Crippen LogP) is 2.15. The zero-order chi connectivity index (χ0) is 16.1. The molecule has 5 nitrogen and oxygen atoms in total. The second kappa shape index (κ2) is 7.89. The van der Waals surface area contributed by atoms with E-state index in [1.165, 1.54) is 5.69 Å². The molecule has 0 amide bonds. The van der Waals surface area contributed by atoms with Gasteiger partial charge in [0.15, 0.2) is 5.11 Å². The summed E-state index contributed by atoms with van der Waals surface area (Å²) in [7, 11) is 0. The molecule has 0 unspecified atom stereocenters. The number of thiocarbonyl (C=S) groups is 1. The standard InChI is InChI=1S/C15H22BrN5S/c1-3-20(4-2)7-8-21-10-13(18-19-15(17)22)12-9-11(16)5-6-14(12)21/h5-6,9H,3-4,7-8,10H2,1-2H3,(H3,17,19,22)/b18-13+. The summed E-state index contributed by atoms with van der Waals surface area (Å²) < 4.78 is 1.04. The number of fused-ring (bicyclic) bond motifs is 1. The Bertz CT molecular complexity index is 571. The van der Waals surface area contributed by atoms with Crippen molar-refractivity contribution in [3.05, 3.63) is 28.2 Å². The number of likely N-dealkylation sites (N-methyl/N-ethyl adjacent to an activating group) is 1. The number of halogens is 1. The molecule has 1 aromatic rings. The van der Waals surface area contributed by atoms with E-state index in [1.54, 1.807) is 0 Å². The molecule has 0 atom stereocenters. The van der Waals surface area contributed by atoms with Gasteiger partial charge in [0.2, 0.25) is 0 Å². The summed E-state index contributed by atoms with van der Waals surface area (Å²) in [6.07, 6.45) is 0. The molecule has 3 N–H and O–H groups in total. The summed E-state index contributed by atoms with van der Waals surface area (Å²) in [5.41, 5.74) is 11.5. The highest BCUT2D eigenvalue weighted by Gasteiger charge is 2.25. The van der Waals surface area contributed by atoms with Gasteiger partial charge in [-0.25, -0.2) is 0 Å². The number of hydrogen-bond donors (Lipinski definition) is 2. The van der Waals surface area contributed by atoms with Crippen LogP contribution in [0.5, 0.6) is 0 Å². The lowest BCUT2D eigenvalue weighted by Crippen LogP contribution is -2.35. The van der Waals surface area contributed by atoms with Crippen molar-refractivity contribution < 1.29 is 0 Å². The summed E-state index contributed by atoms with van der Waals surface area (Å²) >= 11 is 8.36. The van der Waals surface area contributed by atoms with Crippen molar-refractivity contribution in [2.24, 2.45) is 10.8 Å². The summed E-state index contributed by atoms with van der Waals surface area (Å²) in [6.45, 7) is 9.31. The third-order valence-corrected chi connectivity index (χ3v) is 4.42. The molecular weight excluding hydrogens is 362 g/mol. The maximum absolute atomic E-state index is 5.47. The first kappa shape index (κ1) is 17.2. The summed E-state index contributed by atoms with van der Waals surface area (Å²) in [5.74, 6) is 0. The Hall–Kier alpha value is -1.18. The Labute approximate surface area is 145 Å². The first-order valence-electron chi connectivity index (χ1n) is 7.44. The van der Waals surface area contributed by atoms with Crippen LogP contribution in [0.15, 0.2) is 27.8 Å². The minimum Gasteiger partial charge on any atom is -0.375 e. The van der Waals surface area contributed by atoms with Crippen LogP contribution in [0.1, 0.15) is 19.4 Å². The van der Waals surface area contributed by atoms with Gasteiger partial charge in [-0.3, -0.25) is 5.43 Å². The van der Waals surface area contributed by atoms with E-state index in [4.69, 9.17) is 18.0 Å². The van der Waals surface area contributed by atoms with Gasteiger partial charge in [-0.2, -0.15) is 5.10 Å². The molecule has 0 fully saturated rings. The van der Waals surface area contributed by atoms with E-state index >= 15 is 0 Å². The monoisotopic (exact) mass is 383 g/mol. The number of nitrogens with one attached hydrogen (secondary N) is 1. The SMILES string of the molecule is CCN(CC)CCN1C/C(=N\NC(N)=S)c2cc(Br)ccc21. The van der Waals surface area contributed by atoms with E-state index in [9.17, 15) is 0 Å². The topological polar surface area (TPSA) is 56.9 Å². The zero-order valence-electron chi connectivity index (χ0n) is 13.0. The molecule has 1 aliphatic heterocycles. The first-order chi connectivity index (χ1) is 10.5. The van der Waals surface area contributed by atoms with Crippen LogP contribution in [0.4, 0.5) is 5.69 Å². The maximum Gasteiger partial charge on any atom is 0.184 e. The van der Waals surface area contributed by atoms with Gasteiger partial charge in [-0.05, 0) is 43.5 Å². The molecule has 0 aromatic heterocycles. The quantitative estimate of drug-likeness (QED) is 0.582. The van der Waals surface area contributed by atoms with Crippen molar-refractivity contribution in [1.82, 2.24) is 10.3 Å². The van der Waals surface area contributed by atoms with Gasteiger partial charge in [0.05, 0.1) is 12.3 Å². The lowest BCUT2D eigenvalue weighted by molar-refractivity contribution is 0.310. The molecule has 0 spiro atoms. The van der Waals surface area contributed by atoms with Gasteiger partial charge >= 0.3 is 0 Å². The highest BCUT2D eigenvalue weighted by molar-refractivity contribution is 9.10. The molecule has 1 heterocycles. The highest BCUT2D eigenvalue weighted by Crippen LogP contribution is 2.30. The third kappa shape index (κ3) is 4.18. The van der Waals surface area contributed by atoms with Crippen LogP contribution in [0.3, 0.4) is 0 Å². The Morgan fingerprint density at radius 1 is 1.45 bits per heavy atom. The molecule has 22 heavy (non-hydrogen) atoms. The van der Waals surface area contributed by atoms with Gasteiger partial charge in [-0.1, -0.05) is 29.8 Å². The molecule has 2 rings (SSSR count). The Balaban J connectivity index is 2.18. The summed E-state index contributed by atoms with van der Waals surface area (Å²) in [4.78, 5) is 4.76. The van der Waals surface area contributed by atoms with Crippen LogP contribution in [-0.2, 0) is 0 Å². The molecule has 120 valence electrons. The van der Waals surface area contributed by atoms with Crippen molar-refractivity contribution in [3.63, 3.8) is 0 Å². The highest BCUT2D eigenvalue weighted by atomic mass is 79.9. The predicted molar refractivity (Wildman–Crippen MR) is 101 cm³/mol. The van der Waals surface area contributed by atoms with Crippen molar-refractivity contribution in [2.45, 2.75) is 13.8 Å². The van der Waals surface area contributed by atoms with Crippen molar-refractivity contribution in [3.8, 4) is 0 Å². The van der Waals surface area contributed by atoms with Crippen molar-refractivity contribution >= 4 is 44.7 Å². The van der Waals surface area contributed by atoms with E-state index in [-0.39, 0.29) is 5.11 Å². The molecule has 1 aromatic carbocycles. The molecule has 0 radical (unpaired) electrons. The van der Waals surface area contributed by atoms with Gasteiger partial charge in [0, 0.05) is 28.8 Å². The van der Waals surface area contributed by atoms with Gasteiger partial charge in [-0.15, -0.1) is 0 Å². The van der Waals surface area contributed by atoms with Crippen LogP contribution in [-0.4, -0.2) is 48.4 Å². The van der Waals surface area contributed by atoms with E-state index < -0.39 is 0 Å². The van der Waals surface area contributed by atoms with Crippen molar-refractivity contribution in [1.29, 1.82) is 0 Å². The molecule has 0 saturated heterocycles. The Kier molecular flexibility index (Phi) is 6.16. The molecule has 0 saturated carbocycles. The number of hydrogen-bond acceptors (Lipinski definition) is 4. The van der Waals surface area contributed by atoms with E-state index in [0.717, 1.165) is 48.5 Å². The van der Waals surface area contributed by atoms with Crippen molar-refractivity contribution in [2.75, 3.05) is 37.6 Å². The lowest BCUT2D eigenvalue weighted by Gasteiger charge is -2.24. The van der Waals surface area contributed by atoms with E-state index in [1.807, 2.05) is 0 Å². The van der Waals surface area contributed by atoms with Gasteiger partial charge < -0.3 is 15.5 Å². The molecule has 7 heteroatoms. The van der Waals surface area contributed by atoms with Crippen LogP contribution in [0.25, 0.3) is 0 Å². The van der Waals surface area contributed by atoms with Gasteiger partial charge in [0.25, 0.3) is 0 Å². The average Bonchev–Trinajstić information content (AvgIpc) is 2.83. The number of hydrazone groups is 1. The summed E-state index contributed by atoms with van der Waals surface area (Å²) in [5, 5.41) is 4.53. The average molecular weight is 384 g/mol. The van der Waals surface area contributed by atoms with Gasteiger partial charge in [0.1, 0.15) is 0 Å². The van der Waals surface area contributed by atoms with Crippen LogP contribution in [0.2, 0.25) is 0 Å². The second-order valence-electron chi connectivity index (χ2n) is 5.14. The minimum absolute atomic E-state index is 0.186. The molecular formula is C15H22BrN5S. The summed E-state index contributed by atoms with van der Waals surface area (Å²) in [6, 6.07) is 6.28. The number of nitrogens with two attached hydrogens (primary N) is 1. The fraction of sp³-hybridized carbons (Fsp3) is 0.467. The fourth-order valence-corrected chi connectivity index (χ4v) is 2.99. The zero-order valence-corrected chi connectivity index (χ0v) is 15.4. The van der Waals surface area contributed by atoms with E-state index in [2.05, 4.69) is 68.3 Å². The molecule has 1 aliphatic rings. The first-order valence-corrected chi connectivity index (χ1v) is 8.64. The number of rotatable bonds is 6. The number of benzene rings is 1. The Morgan fingerprint density at radius 3 is 2.82 bits per heavy atom. The minimum atomic E-state index is 0.186. The smallest absolute Gasteiger partial charge is 0.184 e. The van der Waals surface area contributed by atoms with Crippen LogP contribution < -0.4 is 16.1 Å². The maximum atomic E-state index is 5.47. The largest absolute Gasteiger partial charge is 0.375 e. The third-order valence-electron chi connectivity index (χ3n) is 3.83. The number of anilines is 1. The Morgan fingerprint density at radius 2 is 2.18 bits per heavy atom. The molecule has 0 bridgehead atoms. The fourth-order valence-electron chi connectivity index (χ4n) is 2.59. The lowest BCUT2D eigenvalue weighted by atomic mass is 10.1. The van der Waals surface area contributed by atoms with Crippen LogP contribution in [0, 0.1) is 0 Å². The molecule has 0 aliphatic carbocycles.